The van der Waals surface area contributed by atoms with E-state index in [0.29, 0.717) is 34.6 Å². The van der Waals surface area contributed by atoms with E-state index >= 15 is 0 Å². The average molecular weight is 511 g/mol. The van der Waals surface area contributed by atoms with Gasteiger partial charge in [0.15, 0.2) is 17.3 Å². The molecule has 1 atom stereocenters. The number of alkyl halides is 2. The van der Waals surface area contributed by atoms with Gasteiger partial charge in [-0.2, -0.15) is 0 Å². The van der Waals surface area contributed by atoms with Crippen LogP contribution in [0, 0.1) is 0 Å². The van der Waals surface area contributed by atoms with Gasteiger partial charge in [-0.15, -0.1) is 0 Å². The molecule has 1 unspecified atom stereocenters. The summed E-state index contributed by atoms with van der Waals surface area (Å²) < 4.78 is 11.4. The molecule has 1 aliphatic rings. The summed E-state index contributed by atoms with van der Waals surface area (Å²) >= 11 is 6.64. The second-order valence-electron chi connectivity index (χ2n) is 6.32. The van der Waals surface area contributed by atoms with Crippen LogP contribution in [-0.4, -0.2) is 33.7 Å². The van der Waals surface area contributed by atoms with E-state index < -0.39 is 5.72 Å². The van der Waals surface area contributed by atoms with Crippen molar-refractivity contribution >= 4 is 37.4 Å². The number of dihydropyridines is 1. The highest BCUT2D eigenvalue weighted by molar-refractivity contribution is 9.09. The Labute approximate surface area is 180 Å². The number of hydrogen-bond acceptors (Lipinski definition) is 5. The van der Waals surface area contributed by atoms with E-state index in [0.717, 1.165) is 11.3 Å². The summed E-state index contributed by atoms with van der Waals surface area (Å²) in [5.74, 6) is 0.988. The first-order valence-corrected chi connectivity index (χ1v) is 10.9. The summed E-state index contributed by atoms with van der Waals surface area (Å²) in [6, 6.07) is 15.3. The number of halogens is 2. The normalized spacial score (nSPS) is 19.1. The molecular formula is C21H21Br2NO4. The van der Waals surface area contributed by atoms with E-state index in [9.17, 15) is 10.2 Å². The van der Waals surface area contributed by atoms with Gasteiger partial charge in [0.05, 0.1) is 12.4 Å². The maximum Gasteiger partial charge on any atom is 0.204 e. The van der Waals surface area contributed by atoms with Gasteiger partial charge in [0.2, 0.25) is 5.72 Å². The van der Waals surface area contributed by atoms with Gasteiger partial charge < -0.3 is 25.0 Å². The van der Waals surface area contributed by atoms with Crippen LogP contribution in [0.25, 0.3) is 5.57 Å². The molecule has 3 N–H and O–H groups in total. The van der Waals surface area contributed by atoms with Crippen molar-refractivity contribution in [2.24, 2.45) is 0 Å². The third-order valence-electron chi connectivity index (χ3n) is 4.38. The Morgan fingerprint density at radius 3 is 2.46 bits per heavy atom. The van der Waals surface area contributed by atoms with E-state index in [1.54, 1.807) is 25.3 Å². The first-order chi connectivity index (χ1) is 13.5. The predicted molar refractivity (Wildman–Crippen MR) is 117 cm³/mol. The van der Waals surface area contributed by atoms with Gasteiger partial charge >= 0.3 is 0 Å². The fraction of sp³-hybridized carbons (Fsp3) is 0.238. The van der Waals surface area contributed by atoms with E-state index in [-0.39, 0.29) is 11.1 Å². The lowest BCUT2D eigenvalue weighted by Crippen LogP contribution is -2.50. The van der Waals surface area contributed by atoms with Crippen LogP contribution in [-0.2, 0) is 6.61 Å². The highest BCUT2D eigenvalue weighted by atomic mass is 79.9. The third kappa shape index (κ3) is 4.37. The minimum atomic E-state index is -1.58. The molecule has 0 saturated carbocycles. The molecule has 7 heteroatoms. The molecule has 0 aliphatic carbocycles. The highest BCUT2D eigenvalue weighted by Crippen LogP contribution is 2.36. The van der Waals surface area contributed by atoms with E-state index in [1.165, 1.54) is 0 Å². The number of methoxy groups -OCH3 is 1. The summed E-state index contributed by atoms with van der Waals surface area (Å²) in [4.78, 5) is 0. The summed E-state index contributed by atoms with van der Waals surface area (Å²) in [7, 11) is 1.57. The number of rotatable bonds is 7. The molecule has 0 saturated heterocycles. The minimum Gasteiger partial charge on any atom is -0.507 e. The zero-order valence-electron chi connectivity index (χ0n) is 15.3. The molecule has 0 fully saturated rings. The predicted octanol–water partition coefficient (Wildman–Crippen LogP) is 4.51. The molecule has 28 heavy (non-hydrogen) atoms. The Morgan fingerprint density at radius 1 is 1.07 bits per heavy atom. The fourth-order valence-corrected chi connectivity index (χ4v) is 3.61. The van der Waals surface area contributed by atoms with Crippen molar-refractivity contribution < 1.29 is 19.7 Å². The Kier molecular flexibility index (Phi) is 6.69. The van der Waals surface area contributed by atoms with Crippen LogP contribution in [0.2, 0.25) is 0 Å². The van der Waals surface area contributed by atoms with Crippen molar-refractivity contribution in [3.05, 3.63) is 77.2 Å². The van der Waals surface area contributed by atoms with E-state index in [4.69, 9.17) is 9.47 Å². The molecule has 3 rings (SSSR count). The first kappa shape index (κ1) is 20.8. The van der Waals surface area contributed by atoms with Gasteiger partial charge in [-0.25, -0.2) is 0 Å². The van der Waals surface area contributed by atoms with Gasteiger partial charge in [-0.1, -0.05) is 68.3 Å². The molecule has 0 amide bonds. The van der Waals surface area contributed by atoms with Crippen molar-refractivity contribution in [1.29, 1.82) is 0 Å². The molecule has 1 heterocycles. The van der Waals surface area contributed by atoms with Crippen molar-refractivity contribution in [1.82, 2.24) is 5.32 Å². The topological polar surface area (TPSA) is 71.0 Å². The lowest BCUT2D eigenvalue weighted by atomic mass is 9.95. The van der Waals surface area contributed by atoms with Gasteiger partial charge in [0.1, 0.15) is 6.61 Å². The number of nitrogens with one attached hydrogen (secondary N) is 1. The van der Waals surface area contributed by atoms with Crippen molar-refractivity contribution in [3.8, 4) is 11.5 Å². The van der Waals surface area contributed by atoms with E-state index in [2.05, 4.69) is 37.2 Å². The minimum absolute atomic E-state index is 0.134. The number of aliphatic hydroxyl groups is 2. The Bertz CT molecular complexity index is 899. The van der Waals surface area contributed by atoms with Crippen LogP contribution >= 0.6 is 31.9 Å². The molecule has 0 spiro atoms. The van der Waals surface area contributed by atoms with Gasteiger partial charge in [-0.3, -0.25) is 0 Å². The second-order valence-corrected chi connectivity index (χ2v) is 7.45. The number of allylic oxidation sites excluding steroid dienone is 3. The van der Waals surface area contributed by atoms with Crippen LogP contribution < -0.4 is 14.8 Å². The molecule has 2 aromatic rings. The SMILES string of the molecule is COc1cc(C2=C(O)C(O)(CBr)NC(CBr)=C2)ccc1OCc1ccccc1. The molecule has 148 valence electrons. The summed E-state index contributed by atoms with van der Waals surface area (Å²) in [6.45, 7) is 0.422. The quantitative estimate of drug-likeness (QED) is 0.478. The summed E-state index contributed by atoms with van der Waals surface area (Å²) in [5, 5.41) is 24.9. The largest absolute Gasteiger partial charge is 0.507 e. The van der Waals surface area contributed by atoms with Gasteiger partial charge in [0, 0.05) is 16.6 Å². The molecule has 1 aliphatic heterocycles. The fourth-order valence-electron chi connectivity index (χ4n) is 2.90. The lowest BCUT2D eigenvalue weighted by molar-refractivity contribution is 0.0355. The zero-order valence-corrected chi connectivity index (χ0v) is 18.5. The Balaban J connectivity index is 1.92. The average Bonchev–Trinajstić information content (AvgIpc) is 2.74. The highest BCUT2D eigenvalue weighted by Gasteiger charge is 2.36. The molecule has 2 aromatic carbocycles. The third-order valence-corrected chi connectivity index (χ3v) is 5.80. The van der Waals surface area contributed by atoms with Crippen LogP contribution in [0.15, 0.2) is 66.1 Å². The smallest absolute Gasteiger partial charge is 0.204 e. The Morgan fingerprint density at radius 2 is 1.82 bits per heavy atom. The number of aliphatic hydroxyl groups excluding tert-OH is 1. The second kappa shape index (κ2) is 9.03. The lowest BCUT2D eigenvalue weighted by Gasteiger charge is -2.33. The first-order valence-electron chi connectivity index (χ1n) is 8.62. The standard InChI is InChI=1S/C21H21Br2NO4/c1-27-19-9-15(7-8-18(19)28-12-14-5-3-2-4-6-14)17-10-16(11-22)24-21(26,13-23)20(17)25/h2-10,24-26H,11-13H2,1H3. The number of hydrogen-bond donors (Lipinski definition) is 3. The maximum absolute atomic E-state index is 10.7. The molecular weight excluding hydrogens is 490 g/mol. The van der Waals surface area contributed by atoms with Gasteiger partial charge in [-0.05, 0) is 29.3 Å². The Hall–Kier alpha value is -1.96. The molecule has 0 aromatic heterocycles. The van der Waals surface area contributed by atoms with Crippen molar-refractivity contribution in [2.45, 2.75) is 12.3 Å². The van der Waals surface area contributed by atoms with E-state index in [1.807, 2.05) is 36.4 Å². The van der Waals surface area contributed by atoms with Crippen molar-refractivity contribution in [2.75, 3.05) is 17.8 Å². The van der Waals surface area contributed by atoms with Crippen LogP contribution in [0.4, 0.5) is 0 Å². The molecule has 0 radical (unpaired) electrons. The molecule has 5 nitrogen and oxygen atoms in total. The van der Waals surface area contributed by atoms with Crippen LogP contribution in [0.5, 0.6) is 11.5 Å². The summed E-state index contributed by atoms with van der Waals surface area (Å²) in [5.41, 5.74) is 1.45. The monoisotopic (exact) mass is 509 g/mol. The van der Waals surface area contributed by atoms with Crippen molar-refractivity contribution in [3.63, 3.8) is 0 Å². The molecule has 0 bridgehead atoms. The zero-order chi connectivity index (χ0) is 20.1. The van der Waals surface area contributed by atoms with Crippen LogP contribution in [0.1, 0.15) is 11.1 Å². The number of benzene rings is 2. The maximum atomic E-state index is 10.7. The van der Waals surface area contributed by atoms with Crippen LogP contribution in [0.3, 0.4) is 0 Å². The number of ether oxygens (including phenoxy) is 2. The summed E-state index contributed by atoms with van der Waals surface area (Å²) in [6.07, 6.45) is 1.79. The van der Waals surface area contributed by atoms with Gasteiger partial charge in [0.25, 0.3) is 0 Å².